The van der Waals surface area contributed by atoms with E-state index >= 15 is 0 Å². The summed E-state index contributed by atoms with van der Waals surface area (Å²) in [6.45, 7) is 3.94. The number of amides is 1. The van der Waals surface area contributed by atoms with Crippen molar-refractivity contribution >= 4 is 11.9 Å². The molecular weight excluding hydrogens is 457 g/mol. The fourth-order valence-electron chi connectivity index (χ4n) is 3.56. The van der Waals surface area contributed by atoms with Crippen molar-refractivity contribution < 1.29 is 23.5 Å². The second kappa shape index (κ2) is 10.7. The van der Waals surface area contributed by atoms with Gasteiger partial charge in [-0.05, 0) is 55.8 Å². The molecule has 180 valence electrons. The normalized spacial score (nSPS) is 11.3. The van der Waals surface area contributed by atoms with Gasteiger partial charge in [-0.3, -0.25) is 4.79 Å². The Morgan fingerprint density at radius 1 is 0.917 bits per heavy atom. The molecule has 1 atom stereocenters. The van der Waals surface area contributed by atoms with Crippen LogP contribution in [0, 0.1) is 31.5 Å². The van der Waals surface area contributed by atoms with Gasteiger partial charge in [0.15, 0.2) is 5.76 Å². The number of carboxylic acid groups (broad SMARTS) is 1. The molecule has 0 saturated carbocycles. The van der Waals surface area contributed by atoms with E-state index in [2.05, 4.69) is 17.2 Å². The number of carbonyl (C=O) groups excluding carboxylic acids is 1. The Hall–Kier alpha value is -4.63. The van der Waals surface area contributed by atoms with Crippen LogP contribution in [0.2, 0.25) is 0 Å². The summed E-state index contributed by atoms with van der Waals surface area (Å²) >= 11 is 0. The van der Waals surface area contributed by atoms with Crippen molar-refractivity contribution in [2.75, 3.05) is 0 Å². The summed E-state index contributed by atoms with van der Waals surface area (Å²) in [4.78, 5) is 24.5. The van der Waals surface area contributed by atoms with Crippen LogP contribution >= 0.6 is 0 Å². The number of benzene rings is 3. The highest BCUT2D eigenvalue weighted by Gasteiger charge is 2.23. The molecule has 6 heteroatoms. The van der Waals surface area contributed by atoms with Crippen molar-refractivity contribution in [2.45, 2.75) is 26.3 Å². The summed E-state index contributed by atoms with van der Waals surface area (Å²) in [5.41, 5.74) is 4.39. The average molecular weight is 482 g/mol. The molecule has 1 heterocycles. The highest BCUT2D eigenvalue weighted by molar-refractivity contribution is 5.94. The zero-order chi connectivity index (χ0) is 25.7. The summed E-state index contributed by atoms with van der Waals surface area (Å²) < 4.78 is 20.3. The molecule has 36 heavy (non-hydrogen) atoms. The molecule has 0 aliphatic carbocycles. The van der Waals surface area contributed by atoms with Gasteiger partial charge in [0.05, 0.1) is 5.56 Å². The van der Waals surface area contributed by atoms with E-state index in [-0.39, 0.29) is 17.7 Å². The molecule has 1 unspecified atom stereocenters. The number of carboxylic acids is 1. The minimum atomic E-state index is -1.27. The van der Waals surface area contributed by atoms with E-state index in [0.29, 0.717) is 11.3 Å². The lowest BCUT2D eigenvalue weighted by Crippen LogP contribution is -2.42. The maximum absolute atomic E-state index is 14.6. The van der Waals surface area contributed by atoms with Gasteiger partial charge in [0.25, 0.3) is 5.91 Å². The second-order valence-corrected chi connectivity index (χ2v) is 8.53. The number of hydrogen-bond donors (Lipinski definition) is 2. The molecular formula is C30H24FNO4. The monoisotopic (exact) mass is 481 g/mol. The Balaban J connectivity index is 1.44. The van der Waals surface area contributed by atoms with Gasteiger partial charge in [-0.25, -0.2) is 9.18 Å². The molecule has 0 spiro atoms. The first kappa shape index (κ1) is 24.5. The third-order valence-electron chi connectivity index (χ3n) is 5.64. The van der Waals surface area contributed by atoms with Crippen LogP contribution in [0.5, 0.6) is 0 Å². The Bertz CT molecular complexity index is 1460. The lowest BCUT2D eigenvalue weighted by Gasteiger charge is -2.14. The SMILES string of the molecule is Cc1ccc(C#Cc2ccc(CC(NC(=O)c3ccc(-c4ccc(C)cc4)o3)C(=O)O)cc2F)cc1. The summed E-state index contributed by atoms with van der Waals surface area (Å²) in [6, 6.07) is 21.4. The fourth-order valence-corrected chi connectivity index (χ4v) is 3.56. The van der Waals surface area contributed by atoms with Gasteiger partial charge in [-0.1, -0.05) is 65.4 Å². The van der Waals surface area contributed by atoms with E-state index in [1.54, 1.807) is 12.1 Å². The number of nitrogens with one attached hydrogen (secondary N) is 1. The highest BCUT2D eigenvalue weighted by atomic mass is 19.1. The van der Waals surface area contributed by atoms with E-state index in [1.165, 1.54) is 18.2 Å². The van der Waals surface area contributed by atoms with Crippen molar-refractivity contribution in [2.24, 2.45) is 0 Å². The molecule has 4 rings (SSSR count). The van der Waals surface area contributed by atoms with Crippen molar-refractivity contribution in [1.29, 1.82) is 0 Å². The Kier molecular flexibility index (Phi) is 7.31. The smallest absolute Gasteiger partial charge is 0.326 e. The van der Waals surface area contributed by atoms with Crippen molar-refractivity contribution in [1.82, 2.24) is 5.32 Å². The lowest BCUT2D eigenvalue weighted by molar-refractivity contribution is -0.139. The zero-order valence-electron chi connectivity index (χ0n) is 19.8. The minimum Gasteiger partial charge on any atom is -0.480 e. The number of hydrogen-bond acceptors (Lipinski definition) is 3. The molecule has 4 aromatic rings. The van der Waals surface area contributed by atoms with Crippen molar-refractivity contribution in [3.05, 3.63) is 118 Å². The standard InChI is InChI=1S/C30H24FNO4/c1-19-3-7-21(8-4-19)9-13-23-14-10-22(17-25(23)31)18-26(30(34)35)32-29(33)28-16-15-27(36-28)24-11-5-20(2)6-12-24/h3-8,10-12,14-17,26H,18H2,1-2H3,(H,32,33)(H,34,35). The highest BCUT2D eigenvalue weighted by Crippen LogP contribution is 2.23. The number of aliphatic carboxylic acids is 1. The molecule has 0 bridgehead atoms. The van der Waals surface area contributed by atoms with E-state index in [0.717, 1.165) is 22.3 Å². The van der Waals surface area contributed by atoms with Gasteiger partial charge < -0.3 is 14.8 Å². The third-order valence-corrected chi connectivity index (χ3v) is 5.64. The molecule has 1 aromatic heterocycles. The quantitative estimate of drug-likeness (QED) is 0.355. The number of carbonyl (C=O) groups is 2. The predicted molar refractivity (Wildman–Crippen MR) is 135 cm³/mol. The van der Waals surface area contributed by atoms with E-state index in [1.807, 2.05) is 62.4 Å². The van der Waals surface area contributed by atoms with E-state index in [4.69, 9.17) is 4.42 Å². The maximum Gasteiger partial charge on any atom is 0.326 e. The summed E-state index contributed by atoms with van der Waals surface area (Å²) in [6.07, 6.45) is -0.102. The first-order valence-electron chi connectivity index (χ1n) is 11.4. The van der Waals surface area contributed by atoms with Crippen LogP contribution in [0.15, 0.2) is 83.3 Å². The van der Waals surface area contributed by atoms with Crippen molar-refractivity contribution in [3.63, 3.8) is 0 Å². The topological polar surface area (TPSA) is 79.5 Å². The van der Waals surface area contributed by atoms with Gasteiger partial charge in [0.1, 0.15) is 17.6 Å². The van der Waals surface area contributed by atoms with E-state index < -0.39 is 23.7 Å². The average Bonchev–Trinajstić information content (AvgIpc) is 3.35. The summed E-state index contributed by atoms with van der Waals surface area (Å²) in [5.74, 6) is 3.74. The second-order valence-electron chi connectivity index (χ2n) is 8.53. The first-order valence-corrected chi connectivity index (χ1v) is 11.4. The molecule has 0 aliphatic heterocycles. The van der Waals surface area contributed by atoms with Gasteiger partial charge in [0, 0.05) is 17.5 Å². The zero-order valence-corrected chi connectivity index (χ0v) is 19.8. The molecule has 0 fully saturated rings. The first-order chi connectivity index (χ1) is 17.3. The minimum absolute atomic E-state index is 0.00951. The van der Waals surface area contributed by atoms with Crippen LogP contribution in [0.3, 0.4) is 0 Å². The van der Waals surface area contributed by atoms with Crippen molar-refractivity contribution in [3.8, 4) is 23.2 Å². The lowest BCUT2D eigenvalue weighted by atomic mass is 10.0. The Labute approximate surface area is 208 Å². The number of rotatable bonds is 6. The van der Waals surface area contributed by atoms with Gasteiger partial charge in [-0.15, -0.1) is 0 Å². The summed E-state index contributed by atoms with van der Waals surface area (Å²) in [7, 11) is 0. The number of furan rings is 1. The van der Waals surface area contributed by atoms with Gasteiger partial charge in [0.2, 0.25) is 0 Å². The summed E-state index contributed by atoms with van der Waals surface area (Å²) in [5, 5.41) is 12.1. The Morgan fingerprint density at radius 2 is 1.58 bits per heavy atom. The van der Waals surface area contributed by atoms with Gasteiger partial charge in [-0.2, -0.15) is 0 Å². The predicted octanol–water partition coefficient (Wildman–Crippen LogP) is 5.53. The van der Waals surface area contributed by atoms with Crippen LogP contribution in [-0.2, 0) is 11.2 Å². The largest absolute Gasteiger partial charge is 0.480 e. The van der Waals surface area contributed by atoms with Crippen LogP contribution < -0.4 is 5.32 Å². The molecule has 2 N–H and O–H groups in total. The third kappa shape index (κ3) is 6.08. The van der Waals surface area contributed by atoms with Crippen LogP contribution in [-0.4, -0.2) is 23.0 Å². The van der Waals surface area contributed by atoms with Crippen LogP contribution in [0.1, 0.15) is 38.4 Å². The number of aryl methyl sites for hydroxylation is 2. The molecule has 3 aromatic carbocycles. The number of halogens is 1. The molecule has 1 amide bonds. The molecule has 0 aliphatic rings. The van der Waals surface area contributed by atoms with Gasteiger partial charge >= 0.3 is 5.97 Å². The van der Waals surface area contributed by atoms with E-state index in [9.17, 15) is 19.1 Å². The molecule has 5 nitrogen and oxygen atoms in total. The fraction of sp³-hybridized carbons (Fsp3) is 0.133. The maximum atomic E-state index is 14.6. The molecule has 0 saturated heterocycles. The Morgan fingerprint density at radius 3 is 2.22 bits per heavy atom. The molecule has 0 radical (unpaired) electrons. The van der Waals surface area contributed by atoms with Crippen LogP contribution in [0.4, 0.5) is 4.39 Å². The van der Waals surface area contributed by atoms with Crippen LogP contribution in [0.25, 0.3) is 11.3 Å².